The predicted octanol–water partition coefficient (Wildman–Crippen LogP) is 2.93. The van der Waals surface area contributed by atoms with E-state index in [4.69, 9.17) is 0 Å². The molecular weight excluding hydrogens is 210 g/mol. The average molecular weight is 227 g/mol. The van der Waals surface area contributed by atoms with Gasteiger partial charge in [-0.15, -0.1) is 0 Å². The summed E-state index contributed by atoms with van der Waals surface area (Å²) in [5.74, 6) is 0. The Kier molecular flexibility index (Phi) is 2.73. The largest absolute Gasteiger partial charge is 0.392 e. The van der Waals surface area contributed by atoms with Crippen molar-refractivity contribution in [2.75, 3.05) is 18.0 Å². The summed E-state index contributed by atoms with van der Waals surface area (Å²) in [4.78, 5) is 2.39. The van der Waals surface area contributed by atoms with Crippen molar-refractivity contribution < 1.29 is 5.11 Å². The Balaban J connectivity index is 2.14. The van der Waals surface area contributed by atoms with Crippen molar-refractivity contribution in [1.29, 1.82) is 0 Å². The molecule has 1 heterocycles. The van der Waals surface area contributed by atoms with Crippen molar-refractivity contribution in [3.05, 3.63) is 42.0 Å². The Bertz CT molecular complexity index is 529. The number of rotatable bonds is 2. The summed E-state index contributed by atoms with van der Waals surface area (Å²) in [6.07, 6.45) is 2.52. The van der Waals surface area contributed by atoms with Gasteiger partial charge in [0.2, 0.25) is 0 Å². The van der Waals surface area contributed by atoms with E-state index in [1.165, 1.54) is 29.3 Å². The zero-order valence-electron chi connectivity index (χ0n) is 9.89. The van der Waals surface area contributed by atoms with Crippen LogP contribution in [0.5, 0.6) is 0 Å². The monoisotopic (exact) mass is 227 g/mol. The van der Waals surface area contributed by atoms with Crippen molar-refractivity contribution in [2.24, 2.45) is 0 Å². The summed E-state index contributed by atoms with van der Waals surface area (Å²) < 4.78 is 0. The molecule has 17 heavy (non-hydrogen) atoms. The molecule has 2 nitrogen and oxygen atoms in total. The molecule has 0 bridgehead atoms. The molecule has 1 saturated heterocycles. The van der Waals surface area contributed by atoms with Gasteiger partial charge in [-0.05, 0) is 35.7 Å². The summed E-state index contributed by atoms with van der Waals surface area (Å²) in [7, 11) is 0. The van der Waals surface area contributed by atoms with E-state index in [1.807, 2.05) is 6.07 Å². The maximum absolute atomic E-state index is 9.51. The highest BCUT2D eigenvalue weighted by Crippen LogP contribution is 2.29. The van der Waals surface area contributed by atoms with Gasteiger partial charge in [-0.2, -0.15) is 0 Å². The number of nitrogens with zero attached hydrogens (tertiary/aromatic N) is 1. The fourth-order valence-electron chi connectivity index (χ4n) is 2.65. The highest BCUT2D eigenvalue weighted by atomic mass is 16.3. The standard InChI is InChI=1S/C15H17NO/c17-11-14-9-12-5-1-2-6-13(12)10-15(14)16-7-3-4-8-16/h1-2,5-6,9-10,17H,3-4,7-8,11H2. The second-order valence-corrected chi connectivity index (χ2v) is 4.68. The van der Waals surface area contributed by atoms with Crippen LogP contribution in [0.4, 0.5) is 5.69 Å². The molecule has 2 aromatic rings. The Morgan fingerprint density at radius 2 is 1.65 bits per heavy atom. The van der Waals surface area contributed by atoms with E-state index in [9.17, 15) is 5.11 Å². The molecule has 0 radical (unpaired) electrons. The molecule has 88 valence electrons. The van der Waals surface area contributed by atoms with Gasteiger partial charge in [0.15, 0.2) is 0 Å². The molecule has 0 amide bonds. The molecule has 0 atom stereocenters. The number of aliphatic hydroxyl groups excluding tert-OH is 1. The lowest BCUT2D eigenvalue weighted by Crippen LogP contribution is -2.19. The first-order valence-electron chi connectivity index (χ1n) is 6.26. The van der Waals surface area contributed by atoms with E-state index in [-0.39, 0.29) is 6.61 Å². The molecule has 2 aromatic carbocycles. The Labute approximate surface area is 101 Å². The van der Waals surface area contributed by atoms with Crippen LogP contribution in [0.3, 0.4) is 0 Å². The molecule has 3 rings (SSSR count). The third kappa shape index (κ3) is 1.89. The first-order valence-corrected chi connectivity index (χ1v) is 6.26. The Morgan fingerprint density at radius 1 is 1.00 bits per heavy atom. The van der Waals surface area contributed by atoms with Crippen LogP contribution < -0.4 is 4.90 Å². The van der Waals surface area contributed by atoms with Crippen molar-refractivity contribution in [3.63, 3.8) is 0 Å². The van der Waals surface area contributed by atoms with E-state index in [2.05, 4.69) is 35.2 Å². The van der Waals surface area contributed by atoms with Gasteiger partial charge in [0.05, 0.1) is 6.61 Å². The van der Waals surface area contributed by atoms with Gasteiger partial charge in [-0.3, -0.25) is 0 Å². The third-order valence-electron chi connectivity index (χ3n) is 3.56. The number of anilines is 1. The molecule has 2 heteroatoms. The molecule has 1 aliphatic heterocycles. The van der Waals surface area contributed by atoms with Gasteiger partial charge in [-0.1, -0.05) is 24.3 Å². The van der Waals surface area contributed by atoms with Crippen LogP contribution in [0.1, 0.15) is 18.4 Å². The number of fused-ring (bicyclic) bond motifs is 1. The van der Waals surface area contributed by atoms with Gasteiger partial charge in [0.25, 0.3) is 0 Å². The van der Waals surface area contributed by atoms with E-state index < -0.39 is 0 Å². The van der Waals surface area contributed by atoms with Gasteiger partial charge >= 0.3 is 0 Å². The van der Waals surface area contributed by atoms with E-state index in [1.54, 1.807) is 0 Å². The number of aliphatic hydroxyl groups is 1. The molecular formula is C15H17NO. The first-order chi connectivity index (χ1) is 8.38. The zero-order valence-corrected chi connectivity index (χ0v) is 9.89. The maximum atomic E-state index is 9.51. The van der Waals surface area contributed by atoms with Crippen LogP contribution in [-0.4, -0.2) is 18.2 Å². The highest BCUT2D eigenvalue weighted by molar-refractivity contribution is 5.87. The smallest absolute Gasteiger partial charge is 0.0702 e. The molecule has 1 N–H and O–H groups in total. The van der Waals surface area contributed by atoms with Gasteiger partial charge < -0.3 is 10.0 Å². The first kappa shape index (κ1) is 10.6. The number of hydrogen-bond acceptors (Lipinski definition) is 2. The molecule has 0 aromatic heterocycles. The van der Waals surface area contributed by atoms with E-state index >= 15 is 0 Å². The number of hydrogen-bond donors (Lipinski definition) is 1. The second kappa shape index (κ2) is 4.38. The molecule has 0 unspecified atom stereocenters. The van der Waals surface area contributed by atoms with E-state index in [0.717, 1.165) is 18.7 Å². The summed E-state index contributed by atoms with van der Waals surface area (Å²) in [6.45, 7) is 2.35. The quantitative estimate of drug-likeness (QED) is 0.852. The van der Waals surface area contributed by atoms with Gasteiger partial charge in [-0.25, -0.2) is 0 Å². The lowest BCUT2D eigenvalue weighted by molar-refractivity contribution is 0.282. The Hall–Kier alpha value is -1.54. The Morgan fingerprint density at radius 3 is 2.29 bits per heavy atom. The van der Waals surface area contributed by atoms with Crippen LogP contribution in [0, 0.1) is 0 Å². The second-order valence-electron chi connectivity index (χ2n) is 4.68. The molecule has 0 saturated carbocycles. The SMILES string of the molecule is OCc1cc2ccccc2cc1N1CCCC1. The molecule has 1 fully saturated rings. The van der Waals surface area contributed by atoms with Crippen LogP contribution >= 0.6 is 0 Å². The topological polar surface area (TPSA) is 23.5 Å². The van der Waals surface area contributed by atoms with Gasteiger partial charge in [0, 0.05) is 24.3 Å². The molecule has 0 spiro atoms. The van der Waals surface area contributed by atoms with Gasteiger partial charge in [0.1, 0.15) is 0 Å². The summed E-state index contributed by atoms with van der Waals surface area (Å²) in [5, 5.41) is 12.0. The van der Waals surface area contributed by atoms with Crippen LogP contribution in [0.25, 0.3) is 10.8 Å². The summed E-state index contributed by atoms with van der Waals surface area (Å²) >= 11 is 0. The van der Waals surface area contributed by atoms with Crippen LogP contribution in [-0.2, 0) is 6.61 Å². The number of benzene rings is 2. The van der Waals surface area contributed by atoms with E-state index in [0.29, 0.717) is 0 Å². The van der Waals surface area contributed by atoms with Crippen molar-refractivity contribution in [3.8, 4) is 0 Å². The van der Waals surface area contributed by atoms with Crippen LogP contribution in [0.15, 0.2) is 36.4 Å². The highest BCUT2D eigenvalue weighted by Gasteiger charge is 2.15. The zero-order chi connectivity index (χ0) is 11.7. The minimum atomic E-state index is 0.122. The lowest BCUT2D eigenvalue weighted by Gasteiger charge is -2.21. The minimum Gasteiger partial charge on any atom is -0.392 e. The summed E-state index contributed by atoms with van der Waals surface area (Å²) in [5.41, 5.74) is 2.26. The predicted molar refractivity (Wildman–Crippen MR) is 71.3 cm³/mol. The lowest BCUT2D eigenvalue weighted by atomic mass is 10.0. The fourth-order valence-corrected chi connectivity index (χ4v) is 2.65. The maximum Gasteiger partial charge on any atom is 0.0702 e. The fraction of sp³-hybridized carbons (Fsp3) is 0.333. The molecule has 0 aliphatic carbocycles. The van der Waals surface area contributed by atoms with Crippen molar-refractivity contribution in [1.82, 2.24) is 0 Å². The third-order valence-corrected chi connectivity index (χ3v) is 3.56. The molecule has 1 aliphatic rings. The van der Waals surface area contributed by atoms with Crippen LogP contribution in [0.2, 0.25) is 0 Å². The summed E-state index contributed by atoms with van der Waals surface area (Å²) in [6, 6.07) is 12.7. The minimum absolute atomic E-state index is 0.122. The average Bonchev–Trinajstić information content (AvgIpc) is 2.91. The van der Waals surface area contributed by atoms with Crippen molar-refractivity contribution in [2.45, 2.75) is 19.4 Å². The normalized spacial score (nSPS) is 15.7. The van der Waals surface area contributed by atoms with Crippen molar-refractivity contribution >= 4 is 16.5 Å².